The van der Waals surface area contributed by atoms with Crippen LogP contribution in [0.5, 0.6) is 0 Å². The molecule has 1 radical (unpaired) electrons. The molecule has 25 valence electrons. The zero-order chi connectivity index (χ0) is 0. The third-order valence-corrected chi connectivity index (χ3v) is 0. The third kappa shape index (κ3) is 10.1. The molecule has 0 aliphatic rings. The number of hydrogen-bond acceptors (Lipinski definition) is 0. The monoisotopic (exact) mass is 297 g/mol. The van der Waals surface area contributed by atoms with Crippen LogP contribution in [0.3, 0.4) is 0 Å². The van der Waals surface area contributed by atoms with E-state index in [1.807, 2.05) is 0 Å². The second-order valence-corrected chi connectivity index (χ2v) is 0. The van der Waals surface area contributed by atoms with Crippen LogP contribution in [0.15, 0.2) is 0 Å². The smallest absolute Gasteiger partial charge is 2.00 e. The maximum Gasteiger partial charge on any atom is 2.00 e. The Bertz CT molecular complexity index is 6.00. The molecule has 0 aliphatic heterocycles. The Morgan fingerprint density at radius 3 is 0.750 bits per heavy atom. The van der Waals surface area contributed by atoms with Gasteiger partial charge in [0.25, 0.3) is 0 Å². The third-order valence-electron chi connectivity index (χ3n) is 0. The van der Waals surface area contributed by atoms with Crippen molar-refractivity contribution in [1.29, 1.82) is 0 Å². The summed E-state index contributed by atoms with van der Waals surface area (Å²) in [7, 11) is 0. The van der Waals surface area contributed by atoms with Crippen molar-refractivity contribution in [2.24, 2.45) is 0 Å². The summed E-state index contributed by atoms with van der Waals surface area (Å²) < 4.78 is 0. The van der Waals surface area contributed by atoms with Crippen molar-refractivity contribution in [1.82, 2.24) is 0 Å². The average molecular weight is 296 g/mol. The summed E-state index contributed by atoms with van der Waals surface area (Å²) in [4.78, 5) is 0. The minimum Gasteiger partial charge on any atom is -2.00 e. The van der Waals surface area contributed by atoms with Crippen LogP contribution in [-0.2, 0) is 55.7 Å². The molecule has 0 amide bonds. The second kappa shape index (κ2) is 26.4. The van der Waals surface area contributed by atoms with Crippen LogP contribution in [0, 0.1) is 0 Å². The van der Waals surface area contributed by atoms with Crippen LogP contribution in [0.1, 0.15) is 0 Å². The molecule has 4 heavy (non-hydrogen) atoms. The van der Waals surface area contributed by atoms with Gasteiger partial charge in [0, 0.05) is 0 Å². The van der Waals surface area contributed by atoms with E-state index in [1.165, 1.54) is 0 Å². The summed E-state index contributed by atoms with van der Waals surface area (Å²) in [6.07, 6.45) is 0. The van der Waals surface area contributed by atoms with Crippen molar-refractivity contribution in [2.75, 3.05) is 0 Å². The molecule has 0 aromatic heterocycles. The Kier molecular flexibility index (Phi) is 359. The fourth-order valence-electron chi connectivity index (χ4n) is 0. The quantitative estimate of drug-likeness (QED) is 0.554. The van der Waals surface area contributed by atoms with Crippen LogP contribution in [-0.4, -0.2) is 0 Å². The Hall–Kier alpha value is 1.37. The van der Waals surface area contributed by atoms with Gasteiger partial charge in [0.05, 0.1) is 0 Å². The molecule has 0 aromatic carbocycles. The van der Waals surface area contributed by atoms with E-state index in [2.05, 4.69) is 0 Å². The van der Waals surface area contributed by atoms with Crippen molar-refractivity contribution in [3.63, 3.8) is 0 Å². The fourth-order valence-corrected chi connectivity index (χ4v) is 0. The van der Waals surface area contributed by atoms with Gasteiger partial charge >= 0.3 is 44.7 Å². The van der Waals surface area contributed by atoms with Gasteiger partial charge in [0.1, 0.15) is 0 Å². The molecular formula is CuHgO2. The van der Waals surface area contributed by atoms with Gasteiger partial charge in [-0.3, -0.25) is 0 Å². The first-order valence-electron chi connectivity index (χ1n) is 0. The van der Waals surface area contributed by atoms with Gasteiger partial charge in [-0.1, -0.05) is 0 Å². The van der Waals surface area contributed by atoms with E-state index >= 15 is 0 Å². The summed E-state index contributed by atoms with van der Waals surface area (Å²) in [5.41, 5.74) is 0. The summed E-state index contributed by atoms with van der Waals surface area (Å²) in [5, 5.41) is 0. The first-order valence-corrected chi connectivity index (χ1v) is 0. The van der Waals surface area contributed by atoms with Gasteiger partial charge in [-0.25, -0.2) is 0 Å². The summed E-state index contributed by atoms with van der Waals surface area (Å²) in [6, 6.07) is 0. The van der Waals surface area contributed by atoms with Crippen molar-refractivity contribution >= 4 is 0 Å². The largest absolute Gasteiger partial charge is 2.00 e. The molecule has 0 fully saturated rings. The van der Waals surface area contributed by atoms with Gasteiger partial charge in [-0.05, 0) is 0 Å². The summed E-state index contributed by atoms with van der Waals surface area (Å²) in [5.74, 6) is 0. The Morgan fingerprint density at radius 2 is 0.750 bits per heavy atom. The molecular weight excluding hydrogens is 296 g/mol. The van der Waals surface area contributed by atoms with Gasteiger partial charge < -0.3 is 11.0 Å². The van der Waals surface area contributed by atoms with Gasteiger partial charge in [-0.2, -0.15) is 0 Å². The molecule has 0 atom stereocenters. The molecule has 0 rings (SSSR count). The van der Waals surface area contributed by atoms with Crippen LogP contribution in [0.25, 0.3) is 0 Å². The van der Waals surface area contributed by atoms with Gasteiger partial charge in [-0.15, -0.1) is 0 Å². The zero-order valence-electron chi connectivity index (χ0n) is 1.83. The SMILES string of the molecule is [Cu+2].[Hg+2].[O-2].[O-2]. The van der Waals surface area contributed by atoms with Crippen LogP contribution in [0.2, 0.25) is 0 Å². The van der Waals surface area contributed by atoms with Crippen LogP contribution in [0.4, 0.5) is 0 Å². The van der Waals surface area contributed by atoms with E-state index in [9.17, 15) is 0 Å². The second-order valence-electron chi connectivity index (χ2n) is 0. The van der Waals surface area contributed by atoms with E-state index in [1.54, 1.807) is 0 Å². The fraction of sp³-hybridized carbons (Fsp3) is 0. The molecule has 0 spiro atoms. The molecule has 0 unspecified atom stereocenters. The Labute approximate surface area is 55.6 Å². The van der Waals surface area contributed by atoms with Crippen molar-refractivity contribution in [3.8, 4) is 0 Å². The Balaban J connectivity index is 0. The van der Waals surface area contributed by atoms with Crippen molar-refractivity contribution in [2.45, 2.75) is 0 Å². The molecule has 0 bridgehead atoms. The minimum absolute atomic E-state index is 0. The molecule has 0 aliphatic carbocycles. The molecule has 0 heterocycles. The Morgan fingerprint density at radius 1 is 0.750 bits per heavy atom. The van der Waals surface area contributed by atoms with Gasteiger partial charge in [0.2, 0.25) is 0 Å². The van der Waals surface area contributed by atoms with E-state index in [0.717, 1.165) is 0 Å². The first-order chi connectivity index (χ1) is 0. The maximum atomic E-state index is 0. The maximum absolute atomic E-state index is 0. The normalized spacial score (nSPS) is 0. The van der Waals surface area contributed by atoms with Crippen molar-refractivity contribution < 1.29 is 55.7 Å². The van der Waals surface area contributed by atoms with E-state index in [-0.39, 0.29) is 55.7 Å². The zero-order valence-corrected chi connectivity index (χ0v) is 8.26. The van der Waals surface area contributed by atoms with E-state index < -0.39 is 0 Å². The van der Waals surface area contributed by atoms with E-state index in [4.69, 9.17) is 0 Å². The summed E-state index contributed by atoms with van der Waals surface area (Å²) >= 11 is 0. The van der Waals surface area contributed by atoms with Crippen LogP contribution < -0.4 is 0 Å². The van der Waals surface area contributed by atoms with Crippen molar-refractivity contribution in [3.05, 3.63) is 0 Å². The predicted octanol–water partition coefficient (Wildman–Crippen LogP) is -0.243. The topological polar surface area (TPSA) is 57.0 Å². The molecule has 2 nitrogen and oxygen atoms in total. The number of rotatable bonds is 0. The predicted molar refractivity (Wildman–Crippen MR) is 1.37 cm³/mol. The standard InChI is InChI=1S/Cu.Hg.2O/q2*+2;2*-2. The number of hydrogen-bond donors (Lipinski definition) is 0. The minimum atomic E-state index is 0. The molecule has 0 aromatic rings. The van der Waals surface area contributed by atoms with Crippen LogP contribution >= 0.6 is 0 Å². The first kappa shape index (κ1) is 54.4. The molecule has 0 N–H and O–H groups in total. The van der Waals surface area contributed by atoms with E-state index in [0.29, 0.717) is 0 Å². The molecule has 4 heteroatoms. The summed E-state index contributed by atoms with van der Waals surface area (Å²) in [6.45, 7) is 0. The molecule has 0 saturated carbocycles. The molecule has 0 saturated heterocycles. The van der Waals surface area contributed by atoms with Gasteiger partial charge in [0.15, 0.2) is 0 Å². The average Bonchev–Trinajstić information content (AvgIpc) is 0.